The van der Waals surface area contributed by atoms with Crippen LogP contribution in [-0.2, 0) is 4.79 Å². The standard InChI is InChI=1S/C15H22N2O/c1-3-17-14(18)10-6-9-13(16)15(17)12-8-5-4-7-11(12)2/h4-5,7-8,13,15H,3,6,9-10,16H2,1-2H3. The van der Waals surface area contributed by atoms with Crippen LogP contribution in [0.4, 0.5) is 0 Å². The van der Waals surface area contributed by atoms with Crippen LogP contribution < -0.4 is 5.73 Å². The number of nitrogens with zero attached hydrogens (tertiary/aromatic N) is 1. The molecule has 1 saturated heterocycles. The van der Waals surface area contributed by atoms with Gasteiger partial charge in [-0.3, -0.25) is 4.79 Å². The number of benzene rings is 1. The van der Waals surface area contributed by atoms with Gasteiger partial charge in [0, 0.05) is 19.0 Å². The van der Waals surface area contributed by atoms with Crippen molar-refractivity contribution < 1.29 is 4.79 Å². The number of carbonyl (C=O) groups excluding carboxylic acids is 1. The van der Waals surface area contributed by atoms with E-state index in [1.54, 1.807) is 0 Å². The van der Waals surface area contributed by atoms with E-state index in [2.05, 4.69) is 19.1 Å². The highest BCUT2D eigenvalue weighted by Gasteiger charge is 2.32. The van der Waals surface area contributed by atoms with Crippen molar-refractivity contribution in [3.63, 3.8) is 0 Å². The predicted octanol–water partition coefficient (Wildman–Crippen LogP) is 2.40. The molecule has 1 aliphatic rings. The molecule has 1 heterocycles. The zero-order chi connectivity index (χ0) is 13.1. The summed E-state index contributed by atoms with van der Waals surface area (Å²) in [4.78, 5) is 14.1. The van der Waals surface area contributed by atoms with Crippen LogP contribution in [0.15, 0.2) is 24.3 Å². The fourth-order valence-corrected chi connectivity index (χ4v) is 2.87. The molecule has 1 aromatic carbocycles. The van der Waals surface area contributed by atoms with Crippen LogP contribution in [0.3, 0.4) is 0 Å². The minimum Gasteiger partial charge on any atom is -0.334 e. The Labute approximate surface area is 109 Å². The molecular formula is C15H22N2O. The van der Waals surface area contributed by atoms with E-state index >= 15 is 0 Å². The monoisotopic (exact) mass is 246 g/mol. The quantitative estimate of drug-likeness (QED) is 0.871. The molecule has 0 bridgehead atoms. The summed E-state index contributed by atoms with van der Waals surface area (Å²) in [6.45, 7) is 4.85. The van der Waals surface area contributed by atoms with Crippen LogP contribution in [0, 0.1) is 6.92 Å². The molecule has 0 saturated carbocycles. The van der Waals surface area contributed by atoms with E-state index in [1.165, 1.54) is 11.1 Å². The van der Waals surface area contributed by atoms with E-state index in [0.717, 1.165) is 19.4 Å². The molecule has 2 rings (SSSR count). The number of likely N-dealkylation sites (N-methyl/N-ethyl adjacent to an activating group) is 1. The van der Waals surface area contributed by atoms with Gasteiger partial charge in [0.05, 0.1) is 6.04 Å². The van der Waals surface area contributed by atoms with E-state index in [-0.39, 0.29) is 18.0 Å². The summed E-state index contributed by atoms with van der Waals surface area (Å²) in [5.74, 6) is 0.235. The molecule has 0 aromatic heterocycles. The Bertz CT molecular complexity index is 430. The Morgan fingerprint density at radius 1 is 1.39 bits per heavy atom. The summed E-state index contributed by atoms with van der Waals surface area (Å²) in [6, 6.07) is 8.31. The summed E-state index contributed by atoms with van der Waals surface area (Å²) in [6.07, 6.45) is 2.45. The number of rotatable bonds is 2. The van der Waals surface area contributed by atoms with Crippen LogP contribution in [-0.4, -0.2) is 23.4 Å². The normalized spacial score (nSPS) is 25.1. The average Bonchev–Trinajstić information content (AvgIpc) is 2.49. The zero-order valence-electron chi connectivity index (χ0n) is 11.2. The van der Waals surface area contributed by atoms with Crippen molar-refractivity contribution in [1.82, 2.24) is 4.90 Å². The van der Waals surface area contributed by atoms with E-state index in [1.807, 2.05) is 24.0 Å². The molecule has 0 aliphatic carbocycles. The molecule has 18 heavy (non-hydrogen) atoms. The highest BCUT2D eigenvalue weighted by Crippen LogP contribution is 2.31. The number of hydrogen-bond donors (Lipinski definition) is 1. The number of hydrogen-bond acceptors (Lipinski definition) is 2. The lowest BCUT2D eigenvalue weighted by Gasteiger charge is -2.34. The van der Waals surface area contributed by atoms with Crippen LogP contribution in [0.1, 0.15) is 43.4 Å². The number of likely N-dealkylation sites (tertiary alicyclic amines) is 1. The predicted molar refractivity (Wildman–Crippen MR) is 73.1 cm³/mol. The van der Waals surface area contributed by atoms with Gasteiger partial charge in [0.25, 0.3) is 0 Å². The third kappa shape index (κ3) is 2.41. The lowest BCUT2D eigenvalue weighted by atomic mass is 9.93. The fraction of sp³-hybridized carbons (Fsp3) is 0.533. The Morgan fingerprint density at radius 3 is 2.78 bits per heavy atom. The van der Waals surface area contributed by atoms with Crippen LogP contribution >= 0.6 is 0 Å². The maximum absolute atomic E-state index is 12.2. The number of carbonyl (C=O) groups is 1. The molecule has 1 fully saturated rings. The molecule has 1 aromatic rings. The van der Waals surface area contributed by atoms with Crippen molar-refractivity contribution in [3.8, 4) is 0 Å². The molecule has 98 valence electrons. The molecule has 0 radical (unpaired) electrons. The molecule has 3 nitrogen and oxygen atoms in total. The van der Waals surface area contributed by atoms with Gasteiger partial charge in [0.2, 0.25) is 5.91 Å². The van der Waals surface area contributed by atoms with E-state index in [4.69, 9.17) is 5.73 Å². The Hall–Kier alpha value is -1.35. The maximum atomic E-state index is 12.2. The van der Waals surface area contributed by atoms with Gasteiger partial charge in [-0.2, -0.15) is 0 Å². The molecule has 2 atom stereocenters. The van der Waals surface area contributed by atoms with Crippen molar-refractivity contribution in [2.45, 2.75) is 45.2 Å². The van der Waals surface area contributed by atoms with Gasteiger partial charge < -0.3 is 10.6 Å². The second kappa shape index (κ2) is 5.53. The second-order valence-electron chi connectivity index (χ2n) is 5.04. The summed E-state index contributed by atoms with van der Waals surface area (Å²) >= 11 is 0. The number of nitrogens with two attached hydrogens (primary N) is 1. The Morgan fingerprint density at radius 2 is 2.11 bits per heavy atom. The molecule has 2 N–H and O–H groups in total. The van der Waals surface area contributed by atoms with Gasteiger partial charge in [-0.1, -0.05) is 24.3 Å². The van der Waals surface area contributed by atoms with Crippen molar-refractivity contribution in [2.75, 3.05) is 6.54 Å². The number of amides is 1. The highest BCUT2D eigenvalue weighted by molar-refractivity contribution is 5.77. The van der Waals surface area contributed by atoms with Gasteiger partial charge in [0.1, 0.15) is 0 Å². The average molecular weight is 246 g/mol. The van der Waals surface area contributed by atoms with E-state index < -0.39 is 0 Å². The van der Waals surface area contributed by atoms with Crippen LogP contribution in [0.2, 0.25) is 0 Å². The maximum Gasteiger partial charge on any atom is 0.223 e. The summed E-state index contributed by atoms with van der Waals surface area (Å²) in [5.41, 5.74) is 8.72. The molecular weight excluding hydrogens is 224 g/mol. The van der Waals surface area contributed by atoms with Crippen molar-refractivity contribution >= 4 is 5.91 Å². The van der Waals surface area contributed by atoms with Crippen molar-refractivity contribution in [2.24, 2.45) is 5.73 Å². The third-order valence-electron chi connectivity index (χ3n) is 3.84. The van der Waals surface area contributed by atoms with Gasteiger partial charge in [-0.05, 0) is 37.8 Å². The van der Waals surface area contributed by atoms with Crippen LogP contribution in [0.5, 0.6) is 0 Å². The van der Waals surface area contributed by atoms with Gasteiger partial charge in [-0.15, -0.1) is 0 Å². The van der Waals surface area contributed by atoms with Crippen LogP contribution in [0.25, 0.3) is 0 Å². The minimum atomic E-state index is 0.0335. The molecule has 3 heteroatoms. The summed E-state index contributed by atoms with van der Waals surface area (Å²) in [5, 5.41) is 0. The molecule has 0 spiro atoms. The Balaban J connectivity index is 2.42. The zero-order valence-corrected chi connectivity index (χ0v) is 11.2. The van der Waals surface area contributed by atoms with Gasteiger partial charge in [0.15, 0.2) is 0 Å². The smallest absolute Gasteiger partial charge is 0.223 e. The van der Waals surface area contributed by atoms with Gasteiger partial charge in [-0.25, -0.2) is 0 Å². The first-order chi connectivity index (χ1) is 8.65. The number of aryl methyl sites for hydroxylation is 1. The first kappa shape index (κ1) is 13.1. The van der Waals surface area contributed by atoms with Gasteiger partial charge >= 0.3 is 0 Å². The van der Waals surface area contributed by atoms with Crippen molar-refractivity contribution in [3.05, 3.63) is 35.4 Å². The first-order valence-corrected chi connectivity index (χ1v) is 6.75. The highest BCUT2D eigenvalue weighted by atomic mass is 16.2. The topological polar surface area (TPSA) is 46.3 Å². The van der Waals surface area contributed by atoms with E-state index in [9.17, 15) is 4.79 Å². The molecule has 1 aliphatic heterocycles. The lowest BCUT2D eigenvalue weighted by Crippen LogP contribution is -2.42. The second-order valence-corrected chi connectivity index (χ2v) is 5.04. The molecule has 2 unspecified atom stereocenters. The third-order valence-corrected chi connectivity index (χ3v) is 3.84. The fourth-order valence-electron chi connectivity index (χ4n) is 2.87. The minimum absolute atomic E-state index is 0.0335. The SMILES string of the molecule is CCN1C(=O)CCCC(N)C1c1ccccc1C. The van der Waals surface area contributed by atoms with Crippen molar-refractivity contribution in [1.29, 1.82) is 0 Å². The van der Waals surface area contributed by atoms with E-state index in [0.29, 0.717) is 6.42 Å². The Kier molecular flexibility index (Phi) is 4.02. The summed E-state index contributed by atoms with van der Waals surface area (Å²) < 4.78 is 0. The lowest BCUT2D eigenvalue weighted by molar-refractivity contribution is -0.133. The summed E-state index contributed by atoms with van der Waals surface area (Å²) in [7, 11) is 0. The first-order valence-electron chi connectivity index (χ1n) is 6.75. The largest absolute Gasteiger partial charge is 0.334 e. The molecule has 1 amide bonds.